The second kappa shape index (κ2) is 7.09. The first kappa shape index (κ1) is 16.6. The lowest BCUT2D eigenvalue weighted by Crippen LogP contribution is -2.11. The maximum absolute atomic E-state index is 11.3. The van der Waals surface area contributed by atoms with E-state index >= 15 is 0 Å². The van der Waals surface area contributed by atoms with Crippen LogP contribution in [0.5, 0.6) is 0 Å². The molecular formula is C15H12N6O3S. The van der Waals surface area contributed by atoms with E-state index in [4.69, 9.17) is 5.73 Å². The molecule has 0 atom stereocenters. The number of rotatable bonds is 6. The Morgan fingerprint density at radius 1 is 1.24 bits per heavy atom. The first-order chi connectivity index (χ1) is 12.0. The molecule has 1 heterocycles. The third kappa shape index (κ3) is 3.80. The van der Waals surface area contributed by atoms with Crippen molar-refractivity contribution in [2.24, 2.45) is 5.73 Å². The van der Waals surface area contributed by atoms with Crippen LogP contribution in [0.25, 0.3) is 0 Å². The fourth-order valence-electron chi connectivity index (χ4n) is 2.12. The molecule has 0 saturated carbocycles. The van der Waals surface area contributed by atoms with E-state index in [0.29, 0.717) is 16.6 Å². The molecule has 1 aromatic heterocycles. The van der Waals surface area contributed by atoms with Gasteiger partial charge in [-0.2, -0.15) is 0 Å². The summed E-state index contributed by atoms with van der Waals surface area (Å²) in [6.45, 7) is 0.434. The van der Waals surface area contributed by atoms with Crippen molar-refractivity contribution in [1.29, 1.82) is 0 Å². The number of carbonyl (C=O) groups excluding carboxylic acids is 1. The lowest BCUT2D eigenvalue weighted by molar-refractivity contribution is -0.387. The van der Waals surface area contributed by atoms with E-state index in [2.05, 4.69) is 15.5 Å². The summed E-state index contributed by atoms with van der Waals surface area (Å²) in [6.07, 6.45) is 0. The van der Waals surface area contributed by atoms with Gasteiger partial charge in [0, 0.05) is 11.6 Å². The van der Waals surface area contributed by atoms with Gasteiger partial charge in [0.05, 0.1) is 16.4 Å². The van der Waals surface area contributed by atoms with Crippen molar-refractivity contribution in [3.63, 3.8) is 0 Å². The second-order valence-corrected chi connectivity index (χ2v) is 6.02. The van der Waals surface area contributed by atoms with Gasteiger partial charge in [0.15, 0.2) is 0 Å². The first-order valence-electron chi connectivity index (χ1n) is 7.11. The molecule has 10 heteroatoms. The minimum Gasteiger partial charge on any atom is -0.366 e. The lowest BCUT2D eigenvalue weighted by Gasteiger charge is -2.06. The average molecular weight is 356 g/mol. The highest BCUT2D eigenvalue weighted by Crippen LogP contribution is 2.34. The van der Waals surface area contributed by atoms with Gasteiger partial charge in [0.25, 0.3) is 5.69 Å². The normalized spacial score (nSPS) is 10.6. The maximum atomic E-state index is 11.3. The molecule has 25 heavy (non-hydrogen) atoms. The fourth-order valence-corrected chi connectivity index (χ4v) is 2.98. The summed E-state index contributed by atoms with van der Waals surface area (Å²) in [4.78, 5) is 22.2. The van der Waals surface area contributed by atoms with Gasteiger partial charge in [-0.15, -0.1) is 5.10 Å². The van der Waals surface area contributed by atoms with Crippen LogP contribution in [0.3, 0.4) is 0 Å². The number of nitrogens with zero attached hydrogens (tertiary/aromatic N) is 5. The van der Waals surface area contributed by atoms with Crippen LogP contribution < -0.4 is 5.73 Å². The standard InChI is InChI=1S/C15H12N6O3S/c16-14(22)11-6-7-13(12(8-11)21(23)24)25-15-17-18-19-20(15)9-10-4-2-1-3-5-10/h1-8H,9H2,(H2,16,22). The number of hydrogen-bond acceptors (Lipinski definition) is 7. The molecule has 0 spiro atoms. The summed E-state index contributed by atoms with van der Waals surface area (Å²) in [6, 6.07) is 13.6. The van der Waals surface area contributed by atoms with E-state index in [1.807, 2.05) is 30.3 Å². The number of aromatic nitrogens is 4. The Morgan fingerprint density at radius 3 is 2.68 bits per heavy atom. The summed E-state index contributed by atoms with van der Waals surface area (Å²) in [5.41, 5.74) is 6.01. The van der Waals surface area contributed by atoms with Crippen molar-refractivity contribution >= 4 is 23.4 Å². The molecule has 9 nitrogen and oxygen atoms in total. The van der Waals surface area contributed by atoms with Gasteiger partial charge in [-0.3, -0.25) is 14.9 Å². The Morgan fingerprint density at radius 2 is 2.00 bits per heavy atom. The van der Waals surface area contributed by atoms with E-state index in [1.165, 1.54) is 12.1 Å². The molecule has 0 radical (unpaired) electrons. The minimum atomic E-state index is -0.728. The first-order valence-corrected chi connectivity index (χ1v) is 7.92. The van der Waals surface area contributed by atoms with Gasteiger partial charge < -0.3 is 5.73 Å². The number of nitro groups is 1. The molecule has 3 aromatic rings. The molecule has 0 bridgehead atoms. The molecular weight excluding hydrogens is 344 g/mol. The Bertz CT molecular complexity index is 928. The molecule has 0 aliphatic carbocycles. The third-order valence-corrected chi connectivity index (χ3v) is 4.36. The van der Waals surface area contributed by atoms with E-state index < -0.39 is 10.8 Å². The highest BCUT2D eigenvalue weighted by Gasteiger charge is 2.20. The molecule has 2 aromatic carbocycles. The van der Waals surface area contributed by atoms with Crippen molar-refractivity contribution < 1.29 is 9.72 Å². The zero-order chi connectivity index (χ0) is 17.8. The molecule has 1 amide bonds. The quantitative estimate of drug-likeness (QED) is 0.527. The highest BCUT2D eigenvalue weighted by molar-refractivity contribution is 7.99. The van der Waals surface area contributed by atoms with Crippen LogP contribution in [0.2, 0.25) is 0 Å². The van der Waals surface area contributed by atoms with E-state index in [0.717, 1.165) is 23.4 Å². The van der Waals surface area contributed by atoms with Crippen LogP contribution in [0.1, 0.15) is 15.9 Å². The van der Waals surface area contributed by atoms with Gasteiger partial charge >= 0.3 is 0 Å². The maximum Gasteiger partial charge on any atom is 0.284 e. The van der Waals surface area contributed by atoms with E-state index in [1.54, 1.807) is 4.68 Å². The summed E-state index contributed by atoms with van der Waals surface area (Å²) in [5.74, 6) is -0.728. The van der Waals surface area contributed by atoms with Crippen molar-refractivity contribution in [2.45, 2.75) is 16.6 Å². The predicted molar refractivity (Wildman–Crippen MR) is 89.1 cm³/mol. The van der Waals surface area contributed by atoms with Crippen LogP contribution in [0.4, 0.5) is 5.69 Å². The number of primary amides is 1. The summed E-state index contributed by atoms with van der Waals surface area (Å²) in [5, 5.41) is 23.2. The van der Waals surface area contributed by atoms with Crippen LogP contribution in [0, 0.1) is 10.1 Å². The molecule has 0 saturated heterocycles. The second-order valence-electron chi connectivity index (χ2n) is 5.01. The Hall–Kier alpha value is -3.27. The van der Waals surface area contributed by atoms with Crippen molar-refractivity contribution in [2.75, 3.05) is 0 Å². The van der Waals surface area contributed by atoms with Gasteiger partial charge in [-0.05, 0) is 39.9 Å². The van der Waals surface area contributed by atoms with Crippen molar-refractivity contribution in [3.05, 3.63) is 69.8 Å². The van der Waals surface area contributed by atoms with E-state index in [9.17, 15) is 14.9 Å². The SMILES string of the molecule is NC(=O)c1ccc(Sc2nnnn2Cc2ccccc2)c([N+](=O)[O-])c1. The zero-order valence-corrected chi connectivity index (χ0v) is 13.6. The number of carbonyl (C=O) groups is 1. The van der Waals surface area contributed by atoms with Gasteiger partial charge in [-0.1, -0.05) is 30.3 Å². The monoisotopic (exact) mass is 356 g/mol. The molecule has 0 aliphatic rings. The van der Waals surface area contributed by atoms with Crippen LogP contribution in [0.15, 0.2) is 58.6 Å². The van der Waals surface area contributed by atoms with Crippen LogP contribution in [-0.2, 0) is 6.54 Å². The molecule has 3 rings (SSSR count). The summed E-state index contributed by atoms with van der Waals surface area (Å²) in [7, 11) is 0. The highest BCUT2D eigenvalue weighted by atomic mass is 32.2. The number of amides is 1. The summed E-state index contributed by atoms with van der Waals surface area (Å²) >= 11 is 1.05. The number of nitro benzene ring substituents is 1. The number of nitrogens with two attached hydrogens (primary N) is 1. The van der Waals surface area contributed by atoms with E-state index in [-0.39, 0.29) is 11.3 Å². The molecule has 2 N–H and O–H groups in total. The van der Waals surface area contributed by atoms with Gasteiger partial charge in [0.1, 0.15) is 0 Å². The minimum absolute atomic E-state index is 0.0694. The molecule has 0 fully saturated rings. The van der Waals surface area contributed by atoms with Crippen LogP contribution >= 0.6 is 11.8 Å². The number of benzene rings is 2. The number of tetrazole rings is 1. The Labute approximate surface area is 146 Å². The zero-order valence-electron chi connectivity index (χ0n) is 12.8. The van der Waals surface area contributed by atoms with Gasteiger partial charge in [0.2, 0.25) is 11.1 Å². The van der Waals surface area contributed by atoms with Gasteiger partial charge in [-0.25, -0.2) is 4.68 Å². The third-order valence-electron chi connectivity index (χ3n) is 3.32. The lowest BCUT2D eigenvalue weighted by atomic mass is 10.2. The van der Waals surface area contributed by atoms with Crippen molar-refractivity contribution in [3.8, 4) is 0 Å². The largest absolute Gasteiger partial charge is 0.366 e. The van der Waals surface area contributed by atoms with Crippen LogP contribution in [-0.4, -0.2) is 31.0 Å². The topological polar surface area (TPSA) is 130 Å². The molecule has 0 aliphatic heterocycles. The Balaban J connectivity index is 1.90. The average Bonchev–Trinajstić information content (AvgIpc) is 3.02. The summed E-state index contributed by atoms with van der Waals surface area (Å²) < 4.78 is 1.55. The fraction of sp³-hybridized carbons (Fsp3) is 0.0667. The smallest absolute Gasteiger partial charge is 0.284 e. The Kier molecular flexibility index (Phi) is 4.70. The number of hydrogen-bond donors (Lipinski definition) is 1. The predicted octanol–water partition coefficient (Wildman–Crippen LogP) is 1.88. The van der Waals surface area contributed by atoms with Crippen molar-refractivity contribution in [1.82, 2.24) is 20.2 Å². The molecule has 126 valence electrons. The molecule has 0 unspecified atom stereocenters.